The molecule has 0 aromatic rings. The number of rotatable bonds is 12. The summed E-state index contributed by atoms with van der Waals surface area (Å²) in [5.74, 6) is -2.95. The van der Waals surface area contributed by atoms with Crippen LogP contribution in [0.5, 0.6) is 0 Å². The van der Waals surface area contributed by atoms with Crippen LogP contribution >= 0.6 is 0 Å². The van der Waals surface area contributed by atoms with Gasteiger partial charge in [-0.3, -0.25) is 10.1 Å². The number of cyclic esters (lactones) is 1. The van der Waals surface area contributed by atoms with Gasteiger partial charge in [0.1, 0.15) is 30.1 Å². The third-order valence-electron chi connectivity index (χ3n) is 13.5. The highest BCUT2D eigenvalue weighted by Gasteiger charge is 2.55. The van der Waals surface area contributed by atoms with Gasteiger partial charge in [0, 0.05) is 44.6 Å². The summed E-state index contributed by atoms with van der Waals surface area (Å²) in [5.41, 5.74) is -4.27. The number of esters is 1. The predicted molar refractivity (Wildman–Crippen MR) is 214 cm³/mol. The Labute approximate surface area is 346 Å². The normalized spacial score (nSPS) is 48.7. The number of fused-ring (bicyclic) bond motifs is 2. The average Bonchev–Trinajstić information content (AvgIpc) is 3.15. The van der Waals surface area contributed by atoms with Gasteiger partial charge in [0.05, 0.1) is 67.5 Å². The highest BCUT2D eigenvalue weighted by Crippen LogP contribution is 2.43. The number of hydrogen-bond acceptors (Lipinski definition) is 16. The van der Waals surface area contributed by atoms with E-state index in [0.29, 0.717) is 19.6 Å². The van der Waals surface area contributed by atoms with E-state index in [-0.39, 0.29) is 55.9 Å². The second kappa shape index (κ2) is 20.4. The van der Waals surface area contributed by atoms with Gasteiger partial charge in [-0.25, -0.2) is 0 Å². The fourth-order valence-electron chi connectivity index (χ4n) is 10.0. The minimum atomic E-state index is -1.64. The second-order valence-corrected chi connectivity index (χ2v) is 18.6. The highest BCUT2D eigenvalue weighted by atomic mass is 16.7. The topological polar surface area (TPSA) is 196 Å². The van der Waals surface area contributed by atoms with E-state index in [0.717, 1.165) is 0 Å². The molecule has 0 aromatic carbocycles. The summed E-state index contributed by atoms with van der Waals surface area (Å²) in [5, 5.41) is 51.5. The molecule has 0 saturated carbocycles. The minimum Gasteiger partial charge on any atom is -0.459 e. The number of ether oxygens (including phenoxy) is 9. The van der Waals surface area contributed by atoms with Crippen LogP contribution in [0.1, 0.15) is 94.9 Å². The summed E-state index contributed by atoms with van der Waals surface area (Å²) in [7, 11) is 6.90. The van der Waals surface area contributed by atoms with Crippen LogP contribution in [0.3, 0.4) is 0 Å². The molecule has 4 fully saturated rings. The van der Waals surface area contributed by atoms with Gasteiger partial charge in [-0.05, 0) is 80.8 Å². The van der Waals surface area contributed by atoms with Gasteiger partial charge in [0.25, 0.3) is 0 Å². The Balaban J connectivity index is 1.83. The molecule has 4 aliphatic heterocycles. The van der Waals surface area contributed by atoms with E-state index >= 15 is 0 Å². The zero-order valence-electron chi connectivity index (χ0n) is 37.6. The monoisotopic (exact) mass is 835 g/mol. The van der Waals surface area contributed by atoms with E-state index < -0.39 is 96.1 Å². The molecule has 0 aromatic heterocycles. The van der Waals surface area contributed by atoms with Gasteiger partial charge in [-0.2, -0.15) is 0 Å². The van der Waals surface area contributed by atoms with Gasteiger partial charge < -0.3 is 68.0 Å². The second-order valence-electron chi connectivity index (χ2n) is 18.6. The molecule has 5 N–H and O–H groups in total. The van der Waals surface area contributed by atoms with Crippen molar-refractivity contribution < 1.29 is 67.9 Å². The first-order chi connectivity index (χ1) is 27.0. The van der Waals surface area contributed by atoms with Crippen molar-refractivity contribution in [1.29, 1.82) is 0 Å². The van der Waals surface area contributed by atoms with Gasteiger partial charge in [0.2, 0.25) is 0 Å². The van der Waals surface area contributed by atoms with Crippen molar-refractivity contribution in [1.82, 2.24) is 10.2 Å². The first-order valence-electron chi connectivity index (χ1n) is 21.4. The lowest BCUT2D eigenvalue weighted by molar-refractivity contribution is -0.318. The lowest BCUT2D eigenvalue weighted by atomic mass is 9.71. The molecule has 4 heterocycles. The molecule has 20 atom stereocenters. The molecule has 0 radical (unpaired) electrons. The van der Waals surface area contributed by atoms with Crippen LogP contribution < -0.4 is 5.32 Å². The molecule has 0 aliphatic carbocycles. The van der Waals surface area contributed by atoms with Crippen LogP contribution in [0.2, 0.25) is 0 Å². The van der Waals surface area contributed by atoms with Crippen molar-refractivity contribution in [3.63, 3.8) is 0 Å². The number of aliphatic hydroxyl groups excluding tert-OH is 2. The maximum atomic E-state index is 14.5. The van der Waals surface area contributed by atoms with Crippen molar-refractivity contribution in [2.45, 2.75) is 191 Å². The predicted octanol–water partition coefficient (Wildman–Crippen LogP) is 2.20. The van der Waals surface area contributed by atoms with E-state index in [2.05, 4.69) is 5.32 Å². The zero-order valence-corrected chi connectivity index (χ0v) is 37.6. The van der Waals surface area contributed by atoms with Crippen LogP contribution in [-0.4, -0.2) is 176 Å². The number of nitrogens with one attached hydrogen (secondary N) is 1. The standard InChI is InChI=1S/C42H78N2O14/c1-15-29-42(10,49)37-24(4)32(43-30(56-37)21-52-17-16-50-13)22(2)19-40(8,48)36(58-39-33(45)28(44(11)12)18-23(3)53-39)25(5)34(26(6)38(47)55-29)57-31-20-41(9,51-14)35(46)27(7)54-31/h22-37,39,43,45-46,48-49H,15-21H2,1-14H3/t22?,23?,24?,25?,26?,27?,28?,29?,30?,31?,32-,33?,34?,35?,36?,37?,39?,40-,41+,42+/m0/s1. The fraction of sp³-hybridized carbons (Fsp3) is 0.976. The maximum absolute atomic E-state index is 14.5. The number of methoxy groups -OCH3 is 2. The average molecular weight is 835 g/mol. The third-order valence-corrected chi connectivity index (χ3v) is 13.5. The molecule has 2 bridgehead atoms. The Kier molecular flexibility index (Phi) is 17.4. The highest BCUT2D eigenvalue weighted by molar-refractivity contribution is 5.73. The smallest absolute Gasteiger partial charge is 0.311 e. The van der Waals surface area contributed by atoms with Crippen molar-refractivity contribution >= 4 is 5.97 Å². The Hall–Kier alpha value is -1.09. The van der Waals surface area contributed by atoms with Gasteiger partial charge in [-0.15, -0.1) is 0 Å². The summed E-state index contributed by atoms with van der Waals surface area (Å²) in [6.07, 6.45) is -8.29. The maximum Gasteiger partial charge on any atom is 0.311 e. The van der Waals surface area contributed by atoms with Crippen molar-refractivity contribution in [3.8, 4) is 0 Å². The Morgan fingerprint density at radius 3 is 2.19 bits per heavy atom. The quantitative estimate of drug-likeness (QED) is 0.142. The molecular formula is C42H78N2O14. The molecule has 0 spiro atoms. The van der Waals surface area contributed by atoms with Crippen molar-refractivity contribution in [3.05, 3.63) is 0 Å². The summed E-state index contributed by atoms with van der Waals surface area (Å²) >= 11 is 0. The van der Waals surface area contributed by atoms with Crippen molar-refractivity contribution in [2.24, 2.45) is 23.7 Å². The molecule has 16 nitrogen and oxygen atoms in total. The summed E-state index contributed by atoms with van der Waals surface area (Å²) in [4.78, 5) is 16.4. The van der Waals surface area contributed by atoms with Crippen LogP contribution in [0.4, 0.5) is 0 Å². The number of hydrogen-bond donors (Lipinski definition) is 5. The fourth-order valence-corrected chi connectivity index (χ4v) is 10.0. The van der Waals surface area contributed by atoms with Gasteiger partial charge in [-0.1, -0.05) is 27.7 Å². The van der Waals surface area contributed by atoms with Crippen molar-refractivity contribution in [2.75, 3.05) is 48.1 Å². The first kappa shape index (κ1) is 49.6. The van der Waals surface area contributed by atoms with E-state index in [9.17, 15) is 25.2 Å². The number of likely N-dealkylation sites (N-methyl/N-ethyl adjacent to an activating group) is 1. The van der Waals surface area contributed by atoms with Crippen LogP contribution in [0, 0.1) is 23.7 Å². The molecule has 16 heteroatoms. The molecular weight excluding hydrogens is 756 g/mol. The van der Waals surface area contributed by atoms with Gasteiger partial charge in [0.15, 0.2) is 12.6 Å². The zero-order chi connectivity index (χ0) is 43.5. The Bertz CT molecular complexity index is 1290. The van der Waals surface area contributed by atoms with Gasteiger partial charge >= 0.3 is 5.97 Å². The van der Waals surface area contributed by atoms with E-state index in [1.807, 2.05) is 53.6 Å². The van der Waals surface area contributed by atoms with E-state index in [4.69, 9.17) is 42.6 Å². The minimum absolute atomic E-state index is 0.137. The van der Waals surface area contributed by atoms with Crippen LogP contribution in [-0.2, 0) is 47.4 Å². The summed E-state index contributed by atoms with van der Waals surface area (Å²) < 4.78 is 55.7. The van der Waals surface area contributed by atoms with Crippen LogP contribution in [0.25, 0.3) is 0 Å². The largest absolute Gasteiger partial charge is 0.459 e. The SMILES string of the molecule is CCC1OC(=O)C(C)C(OC2C[C@@](C)(OC)C(O)C(C)O2)C(C)C(OC2OC(C)CC(N(C)C)C2O)[C@@](C)(O)CC(C)[C@@H]2NC(COCCOC)OC(C2C)[C@]1(C)O. The lowest BCUT2D eigenvalue weighted by Gasteiger charge is -2.52. The Morgan fingerprint density at radius 1 is 0.914 bits per heavy atom. The molecule has 16 unspecified atom stereocenters. The molecule has 4 rings (SSSR count). The number of carbonyl (C=O) groups excluding carboxylic acids is 1. The molecule has 58 heavy (non-hydrogen) atoms. The first-order valence-corrected chi connectivity index (χ1v) is 21.4. The summed E-state index contributed by atoms with van der Waals surface area (Å²) in [6, 6.07) is -0.593. The molecule has 4 saturated heterocycles. The Morgan fingerprint density at radius 2 is 1.59 bits per heavy atom. The van der Waals surface area contributed by atoms with E-state index in [1.54, 1.807) is 41.7 Å². The lowest BCUT2D eigenvalue weighted by Crippen LogP contribution is -2.67. The number of nitrogens with zero attached hydrogens (tertiary/aromatic N) is 1. The number of carbonyl (C=O) groups is 1. The molecule has 340 valence electrons. The summed E-state index contributed by atoms with van der Waals surface area (Å²) in [6.45, 7) is 19.1. The third kappa shape index (κ3) is 11.1. The molecule has 0 amide bonds. The number of aliphatic hydroxyl groups is 4. The van der Waals surface area contributed by atoms with E-state index in [1.165, 1.54) is 7.11 Å². The molecule has 4 aliphatic rings. The van der Waals surface area contributed by atoms with Crippen LogP contribution in [0.15, 0.2) is 0 Å².